The number of hydrogen-bond donors (Lipinski definition) is 0. The van der Waals surface area contributed by atoms with Gasteiger partial charge in [-0.05, 0) is 39.7 Å². The van der Waals surface area contributed by atoms with Crippen LogP contribution < -0.4 is 4.74 Å². The minimum atomic E-state index is 0.871. The molecule has 0 aliphatic carbocycles. The van der Waals surface area contributed by atoms with Crippen LogP contribution in [0.15, 0.2) is 60.7 Å². The molecule has 0 saturated carbocycles. The summed E-state index contributed by atoms with van der Waals surface area (Å²) in [5.41, 5.74) is 0.924. The second-order valence-electron chi connectivity index (χ2n) is 5.33. The summed E-state index contributed by atoms with van der Waals surface area (Å²) in [7, 11) is 1.70. The molecule has 0 aromatic heterocycles. The third-order valence-electron chi connectivity index (χ3n) is 4.22. The number of ether oxygens (including phenoxy) is 1. The van der Waals surface area contributed by atoms with E-state index in [1.54, 1.807) is 7.11 Å². The van der Waals surface area contributed by atoms with Crippen molar-refractivity contribution in [2.75, 3.05) is 7.11 Å². The maximum absolute atomic E-state index is 5.79. The van der Waals surface area contributed by atoms with Gasteiger partial charge in [0.15, 0.2) is 0 Å². The fourth-order valence-electron chi connectivity index (χ4n) is 3.23. The van der Waals surface area contributed by atoms with E-state index in [9.17, 15) is 0 Å². The number of hydrogen-bond acceptors (Lipinski definition) is 1. The van der Waals surface area contributed by atoms with E-state index in [0.717, 1.165) is 27.5 Å². The van der Waals surface area contributed by atoms with Crippen molar-refractivity contribution in [1.29, 1.82) is 0 Å². The van der Waals surface area contributed by atoms with Crippen molar-refractivity contribution in [3.05, 3.63) is 66.2 Å². The third kappa shape index (κ3) is 1.68. The Kier molecular flexibility index (Phi) is 2.77. The van der Waals surface area contributed by atoms with Crippen LogP contribution in [-0.2, 0) is 0 Å². The molecule has 104 valence electrons. The lowest BCUT2D eigenvalue weighted by molar-refractivity contribution is 0.420. The second kappa shape index (κ2) is 4.79. The summed E-state index contributed by atoms with van der Waals surface area (Å²) >= 11 is 0. The summed E-state index contributed by atoms with van der Waals surface area (Å²) in [5, 5.41) is 6.93. The largest absolute Gasteiger partial charge is 0.496 e. The lowest BCUT2D eigenvalue weighted by Gasteiger charge is -2.12. The molecule has 0 heterocycles. The first kappa shape index (κ1) is 12.7. The molecule has 0 radical (unpaired) electrons. The van der Waals surface area contributed by atoms with Crippen molar-refractivity contribution in [2.24, 2.45) is 0 Å². The molecule has 4 rings (SSSR count). The van der Waals surface area contributed by atoms with Gasteiger partial charge in [-0.2, -0.15) is 0 Å². The minimum Gasteiger partial charge on any atom is -0.496 e. The minimum absolute atomic E-state index is 0.871. The van der Waals surface area contributed by atoms with Crippen molar-refractivity contribution in [3.8, 4) is 18.1 Å². The average molecular weight is 282 g/mol. The topological polar surface area (TPSA) is 9.23 Å². The maximum atomic E-state index is 5.79. The number of fused-ring (bicyclic) bond motifs is 5. The van der Waals surface area contributed by atoms with Crippen LogP contribution in [0.1, 0.15) is 5.56 Å². The summed E-state index contributed by atoms with van der Waals surface area (Å²) in [5.74, 6) is 3.72. The van der Waals surface area contributed by atoms with Gasteiger partial charge in [-0.15, -0.1) is 6.42 Å². The quantitative estimate of drug-likeness (QED) is 0.347. The van der Waals surface area contributed by atoms with Crippen molar-refractivity contribution in [3.63, 3.8) is 0 Å². The Hall–Kier alpha value is -2.98. The zero-order valence-electron chi connectivity index (χ0n) is 12.3. The van der Waals surface area contributed by atoms with Crippen LogP contribution in [0.5, 0.6) is 5.75 Å². The van der Waals surface area contributed by atoms with E-state index in [1.807, 2.05) is 18.2 Å². The molecular weight excluding hydrogens is 268 g/mol. The Balaban J connectivity index is 2.32. The maximum Gasteiger partial charge on any atom is 0.126 e. The van der Waals surface area contributed by atoms with Gasteiger partial charge in [0.25, 0.3) is 0 Å². The molecule has 0 saturated heterocycles. The number of terminal acetylenes is 1. The summed E-state index contributed by atoms with van der Waals surface area (Å²) in [4.78, 5) is 0. The van der Waals surface area contributed by atoms with Gasteiger partial charge in [0.2, 0.25) is 0 Å². The monoisotopic (exact) mass is 282 g/mol. The average Bonchev–Trinajstić information content (AvgIpc) is 2.59. The first-order chi connectivity index (χ1) is 10.8. The summed E-state index contributed by atoms with van der Waals surface area (Å²) in [6.45, 7) is 0. The van der Waals surface area contributed by atoms with E-state index < -0.39 is 0 Å². The van der Waals surface area contributed by atoms with Crippen LogP contribution in [-0.4, -0.2) is 7.11 Å². The molecule has 0 spiro atoms. The molecule has 4 aromatic carbocycles. The van der Waals surface area contributed by atoms with Gasteiger partial charge in [0, 0.05) is 16.3 Å². The molecule has 0 atom stereocenters. The Morgan fingerprint density at radius 1 is 0.818 bits per heavy atom. The molecule has 22 heavy (non-hydrogen) atoms. The van der Waals surface area contributed by atoms with Gasteiger partial charge in [0.05, 0.1) is 7.11 Å². The zero-order valence-corrected chi connectivity index (χ0v) is 12.3. The number of methoxy groups -OCH3 is 1. The Labute approximate surface area is 129 Å². The zero-order chi connectivity index (χ0) is 15.1. The van der Waals surface area contributed by atoms with E-state index in [0.29, 0.717) is 0 Å². The Morgan fingerprint density at radius 3 is 2.36 bits per heavy atom. The third-order valence-corrected chi connectivity index (χ3v) is 4.22. The summed E-state index contributed by atoms with van der Waals surface area (Å²) in [6, 6.07) is 20.8. The molecule has 1 nitrogen and oxygen atoms in total. The highest BCUT2D eigenvalue weighted by Gasteiger charge is 2.10. The standard InChI is InChI=1S/C21H14O/c1-3-14-13-15-7-4-5-8-16(15)19-12-11-17-18(21(14)19)9-6-10-20(17)22-2/h1,4-13H,2H3. The van der Waals surface area contributed by atoms with Crippen molar-refractivity contribution in [2.45, 2.75) is 0 Å². The molecule has 4 aromatic rings. The lowest BCUT2D eigenvalue weighted by atomic mass is 9.93. The molecule has 0 fully saturated rings. The van der Waals surface area contributed by atoms with Crippen LogP contribution in [0.3, 0.4) is 0 Å². The Morgan fingerprint density at radius 2 is 1.55 bits per heavy atom. The molecule has 0 N–H and O–H groups in total. The van der Waals surface area contributed by atoms with E-state index in [4.69, 9.17) is 11.2 Å². The van der Waals surface area contributed by atoms with E-state index in [2.05, 4.69) is 48.4 Å². The molecule has 1 heteroatoms. The fourth-order valence-corrected chi connectivity index (χ4v) is 3.23. The van der Waals surface area contributed by atoms with Crippen LogP contribution in [0.4, 0.5) is 0 Å². The van der Waals surface area contributed by atoms with Crippen LogP contribution in [0.2, 0.25) is 0 Å². The predicted octanol–water partition coefficient (Wildman–Crippen LogP) is 5.14. The van der Waals surface area contributed by atoms with Crippen molar-refractivity contribution >= 4 is 32.3 Å². The first-order valence-electron chi connectivity index (χ1n) is 7.21. The highest BCUT2D eigenvalue weighted by atomic mass is 16.5. The molecule has 0 aliphatic heterocycles. The van der Waals surface area contributed by atoms with Crippen LogP contribution in [0, 0.1) is 12.3 Å². The summed E-state index contributed by atoms with van der Waals surface area (Å²) < 4.78 is 5.49. The van der Waals surface area contributed by atoms with E-state index in [-0.39, 0.29) is 0 Å². The highest BCUT2D eigenvalue weighted by Crippen LogP contribution is 2.36. The normalized spacial score (nSPS) is 10.9. The second-order valence-corrected chi connectivity index (χ2v) is 5.33. The Bertz CT molecular complexity index is 1070. The SMILES string of the molecule is C#Cc1cc2ccccc2c2ccc3c(OC)cccc3c12. The fraction of sp³-hybridized carbons (Fsp3) is 0.0476. The van der Waals surface area contributed by atoms with Gasteiger partial charge in [-0.1, -0.05) is 48.4 Å². The van der Waals surface area contributed by atoms with Gasteiger partial charge in [-0.3, -0.25) is 0 Å². The van der Waals surface area contributed by atoms with Crippen molar-refractivity contribution in [1.82, 2.24) is 0 Å². The molecule has 0 bridgehead atoms. The van der Waals surface area contributed by atoms with Crippen molar-refractivity contribution < 1.29 is 4.74 Å². The molecular formula is C21H14O. The van der Waals surface area contributed by atoms with Gasteiger partial charge >= 0.3 is 0 Å². The lowest BCUT2D eigenvalue weighted by Crippen LogP contribution is -1.88. The summed E-state index contributed by atoms with van der Waals surface area (Å²) in [6.07, 6.45) is 5.79. The van der Waals surface area contributed by atoms with Crippen LogP contribution in [0.25, 0.3) is 32.3 Å². The van der Waals surface area contributed by atoms with E-state index in [1.165, 1.54) is 16.2 Å². The molecule has 0 unspecified atom stereocenters. The smallest absolute Gasteiger partial charge is 0.126 e. The van der Waals surface area contributed by atoms with E-state index >= 15 is 0 Å². The molecule has 0 aliphatic rings. The van der Waals surface area contributed by atoms with Gasteiger partial charge in [0.1, 0.15) is 5.75 Å². The number of rotatable bonds is 1. The van der Waals surface area contributed by atoms with Crippen LogP contribution >= 0.6 is 0 Å². The van der Waals surface area contributed by atoms with Gasteiger partial charge in [-0.25, -0.2) is 0 Å². The first-order valence-corrected chi connectivity index (χ1v) is 7.21. The highest BCUT2D eigenvalue weighted by molar-refractivity contribution is 6.20. The van der Waals surface area contributed by atoms with Gasteiger partial charge < -0.3 is 4.74 Å². The predicted molar refractivity (Wildman–Crippen MR) is 93.4 cm³/mol. The number of benzene rings is 4. The molecule has 0 amide bonds.